The Morgan fingerprint density at radius 3 is 3.06 bits per heavy atom. The standard InChI is InChI=1S/C15H18ClNO/c1-9(2)10-4-5-11-12(14(10)16)7-18-15(3)8-17-6-13(11)15/h4-5,13,17H,1,6-8H2,2-3H3. The normalized spacial score (nSPS) is 29.8. The lowest BCUT2D eigenvalue weighted by Gasteiger charge is -2.37. The Morgan fingerprint density at radius 1 is 1.56 bits per heavy atom. The van der Waals surface area contributed by atoms with Crippen LogP contribution < -0.4 is 5.32 Å². The van der Waals surface area contributed by atoms with E-state index in [0.717, 1.165) is 34.8 Å². The van der Waals surface area contributed by atoms with Gasteiger partial charge in [0, 0.05) is 24.6 Å². The second kappa shape index (κ2) is 4.09. The number of hydrogen-bond donors (Lipinski definition) is 1. The molecule has 2 atom stereocenters. The Bertz CT molecular complexity index is 525. The van der Waals surface area contributed by atoms with E-state index in [0.29, 0.717) is 12.5 Å². The maximum absolute atomic E-state index is 6.50. The molecule has 2 nitrogen and oxygen atoms in total. The highest BCUT2D eigenvalue weighted by Crippen LogP contribution is 2.44. The number of hydrogen-bond acceptors (Lipinski definition) is 2. The van der Waals surface area contributed by atoms with Crippen LogP contribution in [0.25, 0.3) is 5.57 Å². The van der Waals surface area contributed by atoms with Crippen LogP contribution in [-0.2, 0) is 11.3 Å². The van der Waals surface area contributed by atoms with Gasteiger partial charge in [0.2, 0.25) is 0 Å². The topological polar surface area (TPSA) is 21.3 Å². The lowest BCUT2D eigenvalue weighted by Crippen LogP contribution is -2.39. The lowest BCUT2D eigenvalue weighted by molar-refractivity contribution is -0.0517. The average Bonchev–Trinajstić information content (AvgIpc) is 2.71. The van der Waals surface area contributed by atoms with Gasteiger partial charge < -0.3 is 10.1 Å². The molecule has 2 aliphatic rings. The van der Waals surface area contributed by atoms with Gasteiger partial charge in [0.15, 0.2) is 0 Å². The van der Waals surface area contributed by atoms with Crippen LogP contribution in [0.15, 0.2) is 18.7 Å². The van der Waals surface area contributed by atoms with E-state index in [4.69, 9.17) is 16.3 Å². The first-order chi connectivity index (χ1) is 8.53. The van der Waals surface area contributed by atoms with E-state index >= 15 is 0 Å². The first-order valence-electron chi connectivity index (χ1n) is 6.35. The molecule has 1 saturated heterocycles. The molecule has 0 aromatic heterocycles. The zero-order valence-electron chi connectivity index (χ0n) is 10.8. The van der Waals surface area contributed by atoms with Gasteiger partial charge in [0.25, 0.3) is 0 Å². The molecule has 18 heavy (non-hydrogen) atoms. The number of allylic oxidation sites excluding steroid dienone is 1. The van der Waals surface area contributed by atoms with E-state index in [-0.39, 0.29) is 5.60 Å². The van der Waals surface area contributed by atoms with Crippen LogP contribution in [0, 0.1) is 0 Å². The van der Waals surface area contributed by atoms with Gasteiger partial charge in [0.1, 0.15) is 0 Å². The quantitative estimate of drug-likeness (QED) is 0.839. The van der Waals surface area contributed by atoms with Gasteiger partial charge in [-0.15, -0.1) is 0 Å². The second-order valence-electron chi connectivity index (χ2n) is 5.56. The molecule has 1 fully saturated rings. The summed E-state index contributed by atoms with van der Waals surface area (Å²) in [5.74, 6) is 0.401. The molecule has 3 rings (SSSR count). The highest BCUT2D eigenvalue weighted by atomic mass is 35.5. The van der Waals surface area contributed by atoms with Crippen molar-refractivity contribution in [1.29, 1.82) is 0 Å². The molecule has 1 aromatic rings. The first-order valence-corrected chi connectivity index (χ1v) is 6.72. The third kappa shape index (κ3) is 1.63. The fraction of sp³-hybridized carbons (Fsp3) is 0.467. The Morgan fingerprint density at radius 2 is 2.33 bits per heavy atom. The van der Waals surface area contributed by atoms with Crippen LogP contribution in [0.5, 0.6) is 0 Å². The molecule has 2 unspecified atom stereocenters. The Balaban J connectivity index is 2.13. The number of rotatable bonds is 1. The molecule has 96 valence electrons. The van der Waals surface area contributed by atoms with Crippen LogP contribution in [0.4, 0.5) is 0 Å². The van der Waals surface area contributed by atoms with E-state index in [1.165, 1.54) is 5.56 Å². The molecule has 0 aliphatic carbocycles. The molecular weight excluding hydrogens is 246 g/mol. The van der Waals surface area contributed by atoms with E-state index in [1.54, 1.807) is 0 Å². The molecule has 2 heterocycles. The van der Waals surface area contributed by atoms with Crippen LogP contribution in [0.2, 0.25) is 5.02 Å². The number of fused-ring (bicyclic) bond motifs is 3. The minimum atomic E-state index is -0.0823. The summed E-state index contributed by atoms with van der Waals surface area (Å²) >= 11 is 6.50. The van der Waals surface area contributed by atoms with Crippen LogP contribution in [0.3, 0.4) is 0 Å². The van der Waals surface area contributed by atoms with Crippen molar-refractivity contribution in [2.75, 3.05) is 13.1 Å². The molecule has 0 bridgehead atoms. The van der Waals surface area contributed by atoms with Crippen molar-refractivity contribution >= 4 is 17.2 Å². The largest absolute Gasteiger partial charge is 0.369 e. The summed E-state index contributed by atoms with van der Waals surface area (Å²) in [5.41, 5.74) is 4.43. The maximum Gasteiger partial charge on any atom is 0.0863 e. The van der Waals surface area contributed by atoms with E-state index < -0.39 is 0 Å². The van der Waals surface area contributed by atoms with Crippen molar-refractivity contribution in [3.05, 3.63) is 40.4 Å². The predicted octanol–water partition coefficient (Wildman–Crippen LogP) is 3.35. The molecule has 0 amide bonds. The van der Waals surface area contributed by atoms with Crippen LogP contribution in [-0.4, -0.2) is 18.7 Å². The van der Waals surface area contributed by atoms with Gasteiger partial charge in [-0.1, -0.05) is 30.3 Å². The summed E-state index contributed by atoms with van der Waals surface area (Å²) in [5, 5.41) is 4.23. The van der Waals surface area contributed by atoms with Gasteiger partial charge in [-0.05, 0) is 30.5 Å². The summed E-state index contributed by atoms with van der Waals surface area (Å²) in [6.07, 6.45) is 0. The van der Waals surface area contributed by atoms with Crippen molar-refractivity contribution < 1.29 is 4.74 Å². The SMILES string of the molecule is C=C(C)c1ccc2c(c1Cl)COC1(C)CNCC21. The number of benzene rings is 1. The van der Waals surface area contributed by atoms with Crippen LogP contribution >= 0.6 is 11.6 Å². The summed E-state index contributed by atoms with van der Waals surface area (Å²) in [6, 6.07) is 4.29. The molecule has 1 N–H and O–H groups in total. The Hall–Kier alpha value is -0.830. The van der Waals surface area contributed by atoms with Crippen molar-refractivity contribution in [2.24, 2.45) is 0 Å². The van der Waals surface area contributed by atoms with Crippen LogP contribution in [0.1, 0.15) is 36.5 Å². The van der Waals surface area contributed by atoms with Gasteiger partial charge in [-0.2, -0.15) is 0 Å². The molecule has 1 aromatic carbocycles. The molecule has 3 heteroatoms. The third-order valence-corrected chi connectivity index (χ3v) is 4.65. The first kappa shape index (κ1) is 12.2. The fourth-order valence-corrected chi connectivity index (χ4v) is 3.46. The van der Waals surface area contributed by atoms with E-state index in [9.17, 15) is 0 Å². The Labute approximate surface area is 113 Å². The Kier molecular flexibility index (Phi) is 2.77. The smallest absolute Gasteiger partial charge is 0.0863 e. The molecule has 0 spiro atoms. The van der Waals surface area contributed by atoms with Crippen molar-refractivity contribution in [3.63, 3.8) is 0 Å². The number of ether oxygens (including phenoxy) is 1. The van der Waals surface area contributed by atoms with E-state index in [1.807, 2.05) is 6.92 Å². The van der Waals surface area contributed by atoms with Gasteiger partial charge in [-0.3, -0.25) is 0 Å². The minimum absolute atomic E-state index is 0.0823. The summed E-state index contributed by atoms with van der Waals surface area (Å²) in [6.45, 7) is 10.6. The number of halogens is 1. The minimum Gasteiger partial charge on any atom is -0.369 e. The van der Waals surface area contributed by atoms with E-state index in [2.05, 4.69) is 31.0 Å². The maximum atomic E-state index is 6.50. The monoisotopic (exact) mass is 263 g/mol. The summed E-state index contributed by atoms with van der Waals surface area (Å²) in [4.78, 5) is 0. The van der Waals surface area contributed by atoms with Gasteiger partial charge in [0.05, 0.1) is 17.2 Å². The molecular formula is C15H18ClNO. The fourth-order valence-electron chi connectivity index (χ4n) is 3.07. The zero-order valence-corrected chi connectivity index (χ0v) is 11.6. The second-order valence-corrected chi connectivity index (χ2v) is 5.94. The average molecular weight is 264 g/mol. The molecule has 0 saturated carbocycles. The van der Waals surface area contributed by atoms with Gasteiger partial charge in [-0.25, -0.2) is 0 Å². The lowest BCUT2D eigenvalue weighted by atomic mass is 9.81. The highest BCUT2D eigenvalue weighted by molar-refractivity contribution is 6.33. The van der Waals surface area contributed by atoms with Crippen molar-refractivity contribution in [2.45, 2.75) is 32.0 Å². The summed E-state index contributed by atoms with van der Waals surface area (Å²) in [7, 11) is 0. The number of nitrogens with one attached hydrogen (secondary N) is 1. The molecule has 0 radical (unpaired) electrons. The molecule has 2 aliphatic heterocycles. The highest BCUT2D eigenvalue weighted by Gasteiger charge is 2.45. The summed E-state index contributed by atoms with van der Waals surface area (Å²) < 4.78 is 6.05. The van der Waals surface area contributed by atoms with Crippen molar-refractivity contribution in [1.82, 2.24) is 5.32 Å². The van der Waals surface area contributed by atoms with Crippen molar-refractivity contribution in [3.8, 4) is 0 Å². The third-order valence-electron chi connectivity index (χ3n) is 4.22. The zero-order chi connectivity index (χ0) is 12.9. The predicted molar refractivity (Wildman–Crippen MR) is 75.0 cm³/mol. The van der Waals surface area contributed by atoms with Gasteiger partial charge >= 0.3 is 0 Å².